The average Bonchev–Trinajstić information content (AvgIpc) is 2.83. The van der Waals surface area contributed by atoms with Crippen LogP contribution in [-0.4, -0.2) is 43.8 Å². The first kappa shape index (κ1) is 16.4. The number of rotatable bonds is 9. The van der Waals surface area contributed by atoms with E-state index in [1.807, 2.05) is 4.68 Å². The van der Waals surface area contributed by atoms with Crippen LogP contribution in [-0.2, 0) is 13.1 Å². The average molecular weight is 282 g/mol. The van der Waals surface area contributed by atoms with Gasteiger partial charge in [-0.25, -0.2) is 9.67 Å². The minimum atomic E-state index is 0.258. The van der Waals surface area contributed by atoms with Crippen LogP contribution in [0.4, 0.5) is 0 Å². The Hall–Kier alpha value is -1.63. The van der Waals surface area contributed by atoms with Gasteiger partial charge in [0.25, 0.3) is 0 Å². The van der Waals surface area contributed by atoms with Gasteiger partial charge in [0.05, 0.1) is 6.54 Å². The molecule has 0 fully saturated rings. The van der Waals surface area contributed by atoms with Gasteiger partial charge >= 0.3 is 0 Å². The lowest BCUT2D eigenvalue weighted by Gasteiger charge is -2.23. The van der Waals surface area contributed by atoms with Crippen molar-refractivity contribution in [3.05, 3.63) is 12.2 Å². The zero-order chi connectivity index (χ0) is 15.0. The summed E-state index contributed by atoms with van der Waals surface area (Å²) in [7, 11) is 0. The van der Waals surface area contributed by atoms with Crippen LogP contribution in [0.1, 0.15) is 39.4 Å². The van der Waals surface area contributed by atoms with Gasteiger partial charge in [-0.3, -0.25) is 4.90 Å². The molecule has 0 aromatic carbocycles. The third-order valence-corrected chi connectivity index (χ3v) is 2.93. The summed E-state index contributed by atoms with van der Waals surface area (Å²) in [5.41, 5.74) is 5.54. The molecule has 1 rings (SSSR count). The molecule has 1 heterocycles. The summed E-state index contributed by atoms with van der Waals surface area (Å²) in [4.78, 5) is 6.59. The van der Waals surface area contributed by atoms with Gasteiger partial charge in [-0.15, -0.1) is 0 Å². The lowest BCUT2D eigenvalue weighted by Crippen LogP contribution is -2.32. The Bertz CT molecular complexity index is 415. The van der Waals surface area contributed by atoms with Crippen LogP contribution < -0.4 is 5.73 Å². The minimum Gasteiger partial charge on any atom is -0.409 e. The molecule has 20 heavy (non-hydrogen) atoms. The Balaban J connectivity index is 2.65. The fraction of sp³-hybridized carbons (Fsp3) is 0.769. The molecule has 0 saturated heterocycles. The predicted octanol–water partition coefficient (Wildman–Crippen LogP) is 1.28. The summed E-state index contributed by atoms with van der Waals surface area (Å²) in [5.74, 6) is 1.77. The molecular formula is C13H26N6O. The van der Waals surface area contributed by atoms with Crippen molar-refractivity contribution in [2.24, 2.45) is 16.8 Å². The third-order valence-electron chi connectivity index (χ3n) is 2.93. The Kier molecular flexibility index (Phi) is 7.00. The van der Waals surface area contributed by atoms with E-state index >= 15 is 0 Å². The normalized spacial score (nSPS) is 12.6. The van der Waals surface area contributed by atoms with Crippen LogP contribution in [0, 0.1) is 5.92 Å². The number of oxime groups is 1. The molecule has 0 aliphatic heterocycles. The predicted molar refractivity (Wildman–Crippen MR) is 78.5 cm³/mol. The molecule has 7 heteroatoms. The SMILES string of the molecule is CCCn1ncnc1CN(CCC(N)=NO)CC(C)C. The van der Waals surface area contributed by atoms with E-state index in [0.29, 0.717) is 12.3 Å². The molecule has 0 saturated carbocycles. The largest absolute Gasteiger partial charge is 0.409 e. The highest BCUT2D eigenvalue weighted by atomic mass is 16.4. The molecule has 3 N–H and O–H groups in total. The fourth-order valence-corrected chi connectivity index (χ4v) is 2.08. The molecule has 1 aromatic rings. The van der Waals surface area contributed by atoms with Crippen molar-refractivity contribution in [1.29, 1.82) is 0 Å². The summed E-state index contributed by atoms with van der Waals surface area (Å²) in [6, 6.07) is 0. The number of nitrogens with zero attached hydrogens (tertiary/aromatic N) is 5. The van der Waals surface area contributed by atoms with Crippen LogP contribution >= 0.6 is 0 Å². The second-order valence-electron chi connectivity index (χ2n) is 5.37. The maximum absolute atomic E-state index is 8.62. The number of aromatic nitrogens is 3. The van der Waals surface area contributed by atoms with Crippen molar-refractivity contribution >= 4 is 5.84 Å². The van der Waals surface area contributed by atoms with Crippen LogP contribution in [0.3, 0.4) is 0 Å². The summed E-state index contributed by atoms with van der Waals surface area (Å²) >= 11 is 0. The molecule has 0 amide bonds. The third kappa shape index (κ3) is 5.56. The molecule has 0 aliphatic carbocycles. The number of amidine groups is 1. The van der Waals surface area contributed by atoms with E-state index < -0.39 is 0 Å². The van der Waals surface area contributed by atoms with Crippen LogP contribution in [0.15, 0.2) is 11.5 Å². The Morgan fingerprint density at radius 3 is 2.90 bits per heavy atom. The monoisotopic (exact) mass is 282 g/mol. The number of aryl methyl sites for hydroxylation is 1. The first-order valence-corrected chi connectivity index (χ1v) is 7.12. The second kappa shape index (κ2) is 8.52. The van der Waals surface area contributed by atoms with Crippen molar-refractivity contribution in [3.8, 4) is 0 Å². The van der Waals surface area contributed by atoms with E-state index in [1.165, 1.54) is 0 Å². The molecule has 0 atom stereocenters. The van der Waals surface area contributed by atoms with E-state index in [9.17, 15) is 0 Å². The maximum Gasteiger partial charge on any atom is 0.141 e. The molecular weight excluding hydrogens is 256 g/mol. The smallest absolute Gasteiger partial charge is 0.141 e. The van der Waals surface area contributed by atoms with Gasteiger partial charge in [-0.2, -0.15) is 5.10 Å². The highest BCUT2D eigenvalue weighted by Gasteiger charge is 2.13. The second-order valence-corrected chi connectivity index (χ2v) is 5.37. The van der Waals surface area contributed by atoms with Gasteiger partial charge in [-0.1, -0.05) is 25.9 Å². The topological polar surface area (TPSA) is 92.6 Å². The van der Waals surface area contributed by atoms with Gasteiger partial charge in [0.2, 0.25) is 0 Å². The number of hydrogen-bond acceptors (Lipinski definition) is 5. The highest BCUT2D eigenvalue weighted by Crippen LogP contribution is 2.07. The highest BCUT2D eigenvalue weighted by molar-refractivity contribution is 5.79. The van der Waals surface area contributed by atoms with Crippen molar-refractivity contribution in [2.75, 3.05) is 13.1 Å². The van der Waals surface area contributed by atoms with E-state index in [0.717, 1.165) is 38.4 Å². The molecule has 114 valence electrons. The summed E-state index contributed by atoms with van der Waals surface area (Å²) < 4.78 is 1.94. The van der Waals surface area contributed by atoms with Crippen molar-refractivity contribution in [1.82, 2.24) is 19.7 Å². The summed E-state index contributed by atoms with van der Waals surface area (Å²) in [6.45, 7) is 9.77. The van der Waals surface area contributed by atoms with Crippen molar-refractivity contribution in [3.63, 3.8) is 0 Å². The van der Waals surface area contributed by atoms with E-state index in [2.05, 4.69) is 40.9 Å². The first-order chi connectivity index (χ1) is 9.56. The van der Waals surface area contributed by atoms with E-state index in [1.54, 1.807) is 6.33 Å². The number of nitrogens with two attached hydrogens (primary N) is 1. The fourth-order valence-electron chi connectivity index (χ4n) is 2.08. The van der Waals surface area contributed by atoms with Crippen molar-refractivity contribution < 1.29 is 5.21 Å². The van der Waals surface area contributed by atoms with Crippen LogP contribution in [0.25, 0.3) is 0 Å². The van der Waals surface area contributed by atoms with Crippen molar-refractivity contribution in [2.45, 2.75) is 46.7 Å². The summed E-state index contributed by atoms with van der Waals surface area (Å²) in [5, 5.41) is 15.9. The molecule has 0 aliphatic rings. The van der Waals surface area contributed by atoms with Gasteiger partial charge in [-0.05, 0) is 12.3 Å². The molecule has 7 nitrogen and oxygen atoms in total. The van der Waals surface area contributed by atoms with Gasteiger partial charge in [0.15, 0.2) is 0 Å². The summed E-state index contributed by atoms with van der Waals surface area (Å²) in [6.07, 6.45) is 3.18. The lowest BCUT2D eigenvalue weighted by atomic mass is 10.2. The lowest BCUT2D eigenvalue weighted by molar-refractivity contribution is 0.231. The standard InChI is InChI=1S/C13H26N6O/c1-4-6-19-13(15-10-16-19)9-18(8-11(2)3)7-5-12(14)17-20/h10-11,20H,4-9H2,1-3H3,(H2,14,17). The maximum atomic E-state index is 8.62. The zero-order valence-electron chi connectivity index (χ0n) is 12.7. The van der Waals surface area contributed by atoms with E-state index in [-0.39, 0.29) is 5.84 Å². The Labute approximate surface area is 120 Å². The molecule has 0 spiro atoms. The quantitative estimate of drug-likeness (QED) is 0.308. The van der Waals surface area contributed by atoms with Gasteiger partial charge < -0.3 is 10.9 Å². The Morgan fingerprint density at radius 1 is 1.55 bits per heavy atom. The molecule has 0 unspecified atom stereocenters. The van der Waals surface area contributed by atoms with Crippen LogP contribution in [0.5, 0.6) is 0 Å². The number of hydrogen-bond donors (Lipinski definition) is 2. The minimum absolute atomic E-state index is 0.258. The van der Waals surface area contributed by atoms with Crippen LogP contribution in [0.2, 0.25) is 0 Å². The van der Waals surface area contributed by atoms with Gasteiger partial charge in [0.1, 0.15) is 18.0 Å². The Morgan fingerprint density at radius 2 is 2.30 bits per heavy atom. The first-order valence-electron chi connectivity index (χ1n) is 7.12. The van der Waals surface area contributed by atoms with Gasteiger partial charge in [0, 0.05) is 26.1 Å². The zero-order valence-corrected chi connectivity index (χ0v) is 12.7. The van der Waals surface area contributed by atoms with E-state index in [4.69, 9.17) is 10.9 Å². The molecule has 0 radical (unpaired) electrons. The molecule has 0 bridgehead atoms. The molecule has 1 aromatic heterocycles.